The Balaban J connectivity index is 2.32. The lowest BCUT2D eigenvalue weighted by Gasteiger charge is -2.08. The van der Waals surface area contributed by atoms with Crippen LogP contribution in [0.15, 0.2) is 33.9 Å². The molecule has 1 N–H and O–H groups in total. The summed E-state index contributed by atoms with van der Waals surface area (Å²) in [6.07, 6.45) is 0.933. The molecule has 106 valence electrons. The van der Waals surface area contributed by atoms with Crippen molar-refractivity contribution in [2.24, 2.45) is 0 Å². The van der Waals surface area contributed by atoms with E-state index in [1.54, 1.807) is 0 Å². The molecule has 2 aromatic rings. The number of carboxylic acids is 1. The number of benzene rings is 1. The second-order valence-corrected chi connectivity index (χ2v) is 6.01. The zero-order valence-electron chi connectivity index (χ0n) is 10.9. The molecule has 1 aromatic carbocycles. The van der Waals surface area contributed by atoms with Gasteiger partial charge in [0.05, 0.1) is 5.75 Å². The summed E-state index contributed by atoms with van der Waals surface area (Å²) in [5.74, 6) is -0.0965. The van der Waals surface area contributed by atoms with Gasteiger partial charge in [0.25, 0.3) is 0 Å². The molecule has 0 radical (unpaired) electrons. The summed E-state index contributed by atoms with van der Waals surface area (Å²) in [6, 6.07) is 7.83. The fourth-order valence-electron chi connectivity index (χ4n) is 1.76. The Morgan fingerprint density at radius 2 is 2.05 bits per heavy atom. The minimum absolute atomic E-state index is 0.0117. The number of aliphatic carboxylic acids is 1. The molecule has 7 heteroatoms. The van der Waals surface area contributed by atoms with E-state index in [-0.39, 0.29) is 5.75 Å². The summed E-state index contributed by atoms with van der Waals surface area (Å²) in [5, 5.41) is 17.7. The summed E-state index contributed by atoms with van der Waals surface area (Å²) in [7, 11) is 0. The summed E-state index contributed by atoms with van der Waals surface area (Å²) in [6.45, 7) is 2.83. The molecule has 1 heterocycles. The number of rotatable bonds is 6. The van der Waals surface area contributed by atoms with Crippen LogP contribution in [0.5, 0.6) is 0 Å². The van der Waals surface area contributed by atoms with Gasteiger partial charge in [0.2, 0.25) is 0 Å². The predicted octanol–water partition coefficient (Wildman–Crippen LogP) is 3.29. The fraction of sp³-hybridized carbons (Fsp3) is 0.308. The maximum atomic E-state index is 10.7. The number of carbonyl (C=O) groups is 1. The largest absolute Gasteiger partial charge is 0.481 e. The van der Waals surface area contributed by atoms with Crippen molar-refractivity contribution in [2.45, 2.75) is 25.0 Å². The maximum absolute atomic E-state index is 10.7. The van der Waals surface area contributed by atoms with Crippen molar-refractivity contribution in [1.29, 1.82) is 0 Å². The Bertz CT molecular complexity index is 598. The van der Waals surface area contributed by atoms with Crippen molar-refractivity contribution < 1.29 is 9.90 Å². The number of hydrogen-bond acceptors (Lipinski definition) is 4. The first-order valence-electron chi connectivity index (χ1n) is 6.15. The van der Waals surface area contributed by atoms with E-state index >= 15 is 0 Å². The van der Waals surface area contributed by atoms with Crippen LogP contribution in [-0.4, -0.2) is 31.6 Å². The molecule has 0 atom stereocenters. The van der Waals surface area contributed by atoms with Crippen LogP contribution < -0.4 is 0 Å². The number of carboxylic acid groups (broad SMARTS) is 1. The first kappa shape index (κ1) is 15.1. The molecular formula is C13H14BrN3O2S. The summed E-state index contributed by atoms with van der Waals surface area (Å²) in [4.78, 5) is 10.7. The van der Waals surface area contributed by atoms with Crippen molar-refractivity contribution in [3.05, 3.63) is 28.7 Å². The van der Waals surface area contributed by atoms with Crippen LogP contribution in [0, 0.1) is 0 Å². The highest BCUT2D eigenvalue weighted by Gasteiger charge is 2.14. The third-order valence-corrected chi connectivity index (χ3v) is 4.07. The number of nitrogens with zero attached hydrogens (tertiary/aromatic N) is 3. The van der Waals surface area contributed by atoms with Gasteiger partial charge >= 0.3 is 5.97 Å². The van der Waals surface area contributed by atoms with E-state index in [2.05, 4.69) is 33.1 Å². The Hall–Kier alpha value is -1.34. The zero-order chi connectivity index (χ0) is 14.5. The smallest absolute Gasteiger partial charge is 0.313 e. The van der Waals surface area contributed by atoms with Crippen LogP contribution in [0.25, 0.3) is 11.4 Å². The quantitative estimate of drug-likeness (QED) is 0.805. The van der Waals surface area contributed by atoms with Gasteiger partial charge in [-0.05, 0) is 18.6 Å². The summed E-state index contributed by atoms with van der Waals surface area (Å²) >= 11 is 4.60. The van der Waals surface area contributed by atoms with Crippen LogP contribution in [-0.2, 0) is 11.3 Å². The third kappa shape index (κ3) is 3.61. The van der Waals surface area contributed by atoms with Crippen molar-refractivity contribution in [2.75, 3.05) is 5.75 Å². The molecule has 0 saturated heterocycles. The molecule has 0 amide bonds. The number of hydrogen-bond donors (Lipinski definition) is 1. The van der Waals surface area contributed by atoms with Gasteiger partial charge in [-0.15, -0.1) is 10.2 Å². The van der Waals surface area contributed by atoms with Gasteiger partial charge in [-0.25, -0.2) is 0 Å². The lowest BCUT2D eigenvalue weighted by molar-refractivity contribution is -0.133. The van der Waals surface area contributed by atoms with E-state index in [1.807, 2.05) is 28.8 Å². The molecule has 0 unspecified atom stereocenters. The number of thioether (sulfide) groups is 1. The topological polar surface area (TPSA) is 68.0 Å². The minimum atomic E-state index is -0.855. The Morgan fingerprint density at radius 1 is 1.35 bits per heavy atom. The predicted molar refractivity (Wildman–Crippen MR) is 81.8 cm³/mol. The van der Waals surface area contributed by atoms with Gasteiger partial charge in [0, 0.05) is 16.6 Å². The van der Waals surface area contributed by atoms with Gasteiger partial charge in [-0.3, -0.25) is 4.79 Å². The lowest BCUT2D eigenvalue weighted by atomic mass is 10.2. The molecule has 0 bridgehead atoms. The lowest BCUT2D eigenvalue weighted by Crippen LogP contribution is -2.04. The molecule has 0 aliphatic carbocycles. The molecule has 2 rings (SSSR count). The maximum Gasteiger partial charge on any atom is 0.313 e. The Morgan fingerprint density at radius 3 is 2.65 bits per heavy atom. The van der Waals surface area contributed by atoms with Gasteiger partial charge in [0.1, 0.15) is 0 Å². The number of halogens is 1. The first-order valence-corrected chi connectivity index (χ1v) is 7.93. The van der Waals surface area contributed by atoms with E-state index in [9.17, 15) is 4.79 Å². The van der Waals surface area contributed by atoms with E-state index in [1.165, 1.54) is 11.8 Å². The SMILES string of the molecule is CCCn1c(SCC(=O)O)nnc1-c1ccc(Br)cc1. The second kappa shape index (κ2) is 6.90. The zero-order valence-corrected chi connectivity index (χ0v) is 13.3. The van der Waals surface area contributed by atoms with Crippen LogP contribution in [0.2, 0.25) is 0 Å². The molecule has 1 aromatic heterocycles. The normalized spacial score (nSPS) is 10.7. The van der Waals surface area contributed by atoms with Crippen LogP contribution >= 0.6 is 27.7 Å². The van der Waals surface area contributed by atoms with Crippen LogP contribution in [0.3, 0.4) is 0 Å². The third-order valence-electron chi connectivity index (χ3n) is 2.59. The monoisotopic (exact) mass is 355 g/mol. The number of aromatic nitrogens is 3. The van der Waals surface area contributed by atoms with E-state index < -0.39 is 5.97 Å². The minimum Gasteiger partial charge on any atom is -0.481 e. The molecule has 0 aliphatic heterocycles. The molecule has 0 aliphatic rings. The second-order valence-electron chi connectivity index (χ2n) is 4.15. The summed E-state index contributed by atoms with van der Waals surface area (Å²) in [5.41, 5.74) is 0.969. The van der Waals surface area contributed by atoms with Crippen molar-refractivity contribution in [3.8, 4) is 11.4 Å². The highest BCUT2D eigenvalue weighted by Crippen LogP contribution is 2.25. The van der Waals surface area contributed by atoms with Crippen molar-refractivity contribution in [1.82, 2.24) is 14.8 Å². The van der Waals surface area contributed by atoms with Gasteiger partial charge in [0.15, 0.2) is 11.0 Å². The first-order chi connectivity index (χ1) is 9.61. The average molecular weight is 356 g/mol. The van der Waals surface area contributed by atoms with Crippen molar-refractivity contribution >= 4 is 33.7 Å². The summed E-state index contributed by atoms with van der Waals surface area (Å²) < 4.78 is 2.97. The Labute approximate surface area is 129 Å². The molecule has 0 saturated carbocycles. The highest BCUT2D eigenvalue weighted by molar-refractivity contribution is 9.10. The van der Waals surface area contributed by atoms with Gasteiger partial charge < -0.3 is 9.67 Å². The molecule has 0 fully saturated rings. The average Bonchev–Trinajstić information content (AvgIpc) is 2.81. The highest BCUT2D eigenvalue weighted by atomic mass is 79.9. The standard InChI is InChI=1S/C13H14BrN3O2S/c1-2-7-17-12(9-3-5-10(14)6-4-9)15-16-13(17)20-8-11(18)19/h3-6H,2,7-8H2,1H3,(H,18,19). The molecular weight excluding hydrogens is 342 g/mol. The fourth-order valence-corrected chi connectivity index (χ4v) is 2.71. The molecule has 0 spiro atoms. The van der Waals surface area contributed by atoms with E-state index in [4.69, 9.17) is 5.11 Å². The van der Waals surface area contributed by atoms with Gasteiger partial charge in [-0.1, -0.05) is 46.7 Å². The Kier molecular flexibility index (Phi) is 5.19. The van der Waals surface area contributed by atoms with Crippen LogP contribution in [0.4, 0.5) is 0 Å². The molecule has 20 heavy (non-hydrogen) atoms. The van der Waals surface area contributed by atoms with E-state index in [0.29, 0.717) is 5.16 Å². The van der Waals surface area contributed by atoms with E-state index in [0.717, 1.165) is 28.8 Å². The van der Waals surface area contributed by atoms with Crippen molar-refractivity contribution in [3.63, 3.8) is 0 Å². The van der Waals surface area contributed by atoms with Crippen LogP contribution in [0.1, 0.15) is 13.3 Å². The molecule has 5 nitrogen and oxygen atoms in total. The van der Waals surface area contributed by atoms with Gasteiger partial charge in [-0.2, -0.15) is 0 Å².